The van der Waals surface area contributed by atoms with E-state index in [1.54, 1.807) is 0 Å². The number of halogens is 1. The van der Waals surface area contributed by atoms with Crippen molar-refractivity contribution in [1.29, 1.82) is 0 Å². The molecule has 0 aliphatic carbocycles. The van der Waals surface area contributed by atoms with Crippen molar-refractivity contribution < 1.29 is 4.74 Å². The minimum Gasteiger partial charge on any atom is -0.494 e. The summed E-state index contributed by atoms with van der Waals surface area (Å²) in [7, 11) is 0. The van der Waals surface area contributed by atoms with Crippen LogP contribution in [0.1, 0.15) is 13.3 Å². The van der Waals surface area contributed by atoms with Crippen LogP contribution >= 0.6 is 15.9 Å². The van der Waals surface area contributed by atoms with Crippen LogP contribution in [0.4, 0.5) is 17.3 Å². The summed E-state index contributed by atoms with van der Waals surface area (Å²) in [6.07, 6.45) is 2.42. The van der Waals surface area contributed by atoms with E-state index in [2.05, 4.69) is 43.6 Å². The van der Waals surface area contributed by atoms with Gasteiger partial charge in [0.25, 0.3) is 0 Å². The van der Waals surface area contributed by atoms with E-state index in [1.165, 1.54) is 6.33 Å². The highest BCUT2D eigenvalue weighted by Crippen LogP contribution is 2.28. The van der Waals surface area contributed by atoms with Gasteiger partial charge in [0.2, 0.25) is 0 Å². The van der Waals surface area contributed by atoms with E-state index in [-0.39, 0.29) is 0 Å². The molecule has 20 heavy (non-hydrogen) atoms. The van der Waals surface area contributed by atoms with E-state index in [9.17, 15) is 0 Å². The molecule has 1 heterocycles. The number of aromatic nitrogens is 2. The monoisotopic (exact) mass is 337 g/mol. The Hall–Kier alpha value is -1.86. The normalized spacial score (nSPS) is 10.2. The van der Waals surface area contributed by atoms with Crippen LogP contribution in [0.3, 0.4) is 0 Å². The van der Waals surface area contributed by atoms with Gasteiger partial charge in [-0.1, -0.05) is 6.92 Å². The number of nitrogens with one attached hydrogen (secondary N) is 2. The molecule has 0 fully saturated rings. The quantitative estimate of drug-likeness (QED) is 0.554. The second-order valence-electron chi connectivity index (χ2n) is 4.03. The van der Waals surface area contributed by atoms with Crippen molar-refractivity contribution in [3.05, 3.63) is 35.1 Å². The van der Waals surface area contributed by atoms with Crippen LogP contribution in [-0.2, 0) is 0 Å². The topological polar surface area (TPSA) is 85.1 Å². The number of nitrogens with zero attached hydrogens (tertiary/aromatic N) is 2. The van der Waals surface area contributed by atoms with Gasteiger partial charge in [-0.05, 0) is 46.6 Å². The van der Waals surface area contributed by atoms with Crippen molar-refractivity contribution in [1.82, 2.24) is 9.97 Å². The summed E-state index contributed by atoms with van der Waals surface area (Å²) in [6.45, 7) is 2.79. The number of nitrogen functional groups attached to an aromatic ring is 1. The third-order valence-electron chi connectivity index (χ3n) is 2.52. The second kappa shape index (κ2) is 7.06. The number of hydrogen-bond donors (Lipinski definition) is 3. The van der Waals surface area contributed by atoms with Crippen LogP contribution < -0.4 is 21.3 Å². The van der Waals surface area contributed by atoms with E-state index in [0.717, 1.165) is 24.5 Å². The fraction of sp³-hybridized carbons (Fsp3) is 0.231. The lowest BCUT2D eigenvalue weighted by Crippen LogP contribution is -2.10. The van der Waals surface area contributed by atoms with Gasteiger partial charge < -0.3 is 15.5 Å². The Balaban J connectivity index is 2.10. The highest BCUT2D eigenvalue weighted by atomic mass is 79.9. The van der Waals surface area contributed by atoms with Crippen LogP contribution in [0, 0.1) is 0 Å². The van der Waals surface area contributed by atoms with Gasteiger partial charge in [-0.25, -0.2) is 15.8 Å². The third-order valence-corrected chi connectivity index (χ3v) is 3.27. The number of ether oxygens (including phenoxy) is 1. The first-order chi connectivity index (χ1) is 9.74. The third kappa shape index (κ3) is 3.58. The minimum absolute atomic E-state index is 0.519. The lowest BCUT2D eigenvalue weighted by Gasteiger charge is -2.10. The van der Waals surface area contributed by atoms with E-state index in [4.69, 9.17) is 10.6 Å². The summed E-state index contributed by atoms with van der Waals surface area (Å²) in [4.78, 5) is 8.15. The molecule has 0 aliphatic rings. The summed E-state index contributed by atoms with van der Waals surface area (Å²) < 4.78 is 6.21. The molecule has 1 aromatic heterocycles. The van der Waals surface area contributed by atoms with Gasteiger partial charge in [0, 0.05) is 5.69 Å². The first kappa shape index (κ1) is 14.5. The van der Waals surface area contributed by atoms with Gasteiger partial charge in [0.1, 0.15) is 22.4 Å². The molecule has 0 aliphatic heterocycles. The Morgan fingerprint density at radius 2 is 1.90 bits per heavy atom. The number of hydrogen-bond acceptors (Lipinski definition) is 6. The second-order valence-corrected chi connectivity index (χ2v) is 4.82. The molecule has 6 nitrogen and oxygen atoms in total. The van der Waals surface area contributed by atoms with Gasteiger partial charge >= 0.3 is 0 Å². The number of hydrazine groups is 1. The molecule has 7 heteroatoms. The highest BCUT2D eigenvalue weighted by molar-refractivity contribution is 9.10. The Kier molecular flexibility index (Phi) is 5.14. The van der Waals surface area contributed by atoms with E-state index in [1.807, 2.05) is 24.3 Å². The van der Waals surface area contributed by atoms with Crippen LogP contribution in [0.15, 0.2) is 35.1 Å². The van der Waals surface area contributed by atoms with E-state index >= 15 is 0 Å². The van der Waals surface area contributed by atoms with Gasteiger partial charge in [0.15, 0.2) is 5.82 Å². The Morgan fingerprint density at radius 3 is 2.55 bits per heavy atom. The highest BCUT2D eigenvalue weighted by Gasteiger charge is 2.07. The van der Waals surface area contributed by atoms with Crippen molar-refractivity contribution in [3.63, 3.8) is 0 Å². The average molecular weight is 338 g/mol. The summed E-state index contributed by atoms with van der Waals surface area (Å²) in [5.41, 5.74) is 3.39. The SMILES string of the molecule is CCCOc1ccc(Nc2ncnc(NN)c2Br)cc1. The van der Waals surface area contributed by atoms with Crippen LogP contribution in [0.25, 0.3) is 0 Å². The van der Waals surface area contributed by atoms with Crippen molar-refractivity contribution >= 4 is 33.3 Å². The molecule has 4 N–H and O–H groups in total. The average Bonchev–Trinajstić information content (AvgIpc) is 2.48. The van der Waals surface area contributed by atoms with Gasteiger partial charge in [-0.15, -0.1) is 0 Å². The smallest absolute Gasteiger partial charge is 0.159 e. The fourth-order valence-corrected chi connectivity index (χ4v) is 1.97. The first-order valence-corrected chi connectivity index (χ1v) is 7.01. The molecular weight excluding hydrogens is 322 g/mol. The summed E-state index contributed by atoms with van der Waals surface area (Å²) in [6, 6.07) is 7.68. The lowest BCUT2D eigenvalue weighted by molar-refractivity contribution is 0.317. The predicted octanol–water partition coefficient (Wildman–Crippen LogP) is 3.06. The zero-order valence-corrected chi connectivity index (χ0v) is 12.6. The predicted molar refractivity (Wildman–Crippen MR) is 83.1 cm³/mol. The molecule has 0 bridgehead atoms. The molecule has 0 unspecified atom stereocenters. The molecule has 0 amide bonds. The van der Waals surface area contributed by atoms with Crippen molar-refractivity contribution in [2.24, 2.45) is 5.84 Å². The molecule has 106 valence electrons. The molecule has 0 saturated heterocycles. The van der Waals surface area contributed by atoms with Gasteiger partial charge in [-0.2, -0.15) is 0 Å². The molecule has 2 rings (SSSR count). The van der Waals surface area contributed by atoms with Crippen molar-refractivity contribution in [3.8, 4) is 5.75 Å². The van der Waals surface area contributed by atoms with Crippen LogP contribution in [0.2, 0.25) is 0 Å². The standard InChI is InChI=1S/C13H16BrN5O/c1-2-7-20-10-5-3-9(4-6-10)18-12-11(14)13(19-15)17-8-16-12/h3-6,8H,2,7,15H2,1H3,(H2,16,17,18,19). The number of benzene rings is 1. The minimum atomic E-state index is 0.519. The Morgan fingerprint density at radius 1 is 1.20 bits per heavy atom. The number of rotatable bonds is 6. The van der Waals surface area contributed by atoms with E-state index < -0.39 is 0 Å². The maximum Gasteiger partial charge on any atom is 0.159 e. The zero-order valence-electron chi connectivity index (χ0n) is 11.1. The van der Waals surface area contributed by atoms with Gasteiger partial charge in [-0.3, -0.25) is 0 Å². The maximum atomic E-state index is 5.53. The van der Waals surface area contributed by atoms with E-state index in [0.29, 0.717) is 16.1 Å². The molecule has 2 aromatic rings. The summed E-state index contributed by atoms with van der Waals surface area (Å²) >= 11 is 3.39. The molecule has 0 radical (unpaired) electrons. The van der Waals surface area contributed by atoms with Crippen molar-refractivity contribution in [2.75, 3.05) is 17.3 Å². The Bertz CT molecular complexity index is 561. The number of anilines is 3. The summed E-state index contributed by atoms with van der Waals surface area (Å²) in [5.74, 6) is 7.37. The maximum absolute atomic E-state index is 5.53. The Labute approximate surface area is 125 Å². The summed E-state index contributed by atoms with van der Waals surface area (Å²) in [5, 5.41) is 3.18. The number of nitrogens with two attached hydrogens (primary N) is 1. The molecule has 0 saturated carbocycles. The lowest BCUT2D eigenvalue weighted by atomic mass is 10.3. The van der Waals surface area contributed by atoms with Gasteiger partial charge in [0.05, 0.1) is 6.61 Å². The fourth-order valence-electron chi connectivity index (χ4n) is 1.55. The molecule has 0 spiro atoms. The molecule has 1 aromatic carbocycles. The van der Waals surface area contributed by atoms with Crippen molar-refractivity contribution in [2.45, 2.75) is 13.3 Å². The zero-order chi connectivity index (χ0) is 14.4. The van der Waals surface area contributed by atoms with Crippen LogP contribution in [0.5, 0.6) is 5.75 Å². The molecule has 0 atom stereocenters. The van der Waals surface area contributed by atoms with Crippen LogP contribution in [-0.4, -0.2) is 16.6 Å². The largest absolute Gasteiger partial charge is 0.494 e. The first-order valence-electron chi connectivity index (χ1n) is 6.21. The molecular formula is C13H16BrN5O.